The Labute approximate surface area is 109 Å². The lowest BCUT2D eigenvalue weighted by Crippen LogP contribution is -1.98. The van der Waals surface area contributed by atoms with Gasteiger partial charge in [-0.05, 0) is 24.6 Å². The molecular formula is C12H12N2O3S. The van der Waals surface area contributed by atoms with Crippen LogP contribution in [0, 0.1) is 6.92 Å². The van der Waals surface area contributed by atoms with Gasteiger partial charge in [0.25, 0.3) is 0 Å². The van der Waals surface area contributed by atoms with Gasteiger partial charge >= 0.3 is 5.97 Å². The first-order valence-corrected chi connectivity index (χ1v) is 6.26. The van der Waals surface area contributed by atoms with Gasteiger partial charge in [-0.2, -0.15) is 0 Å². The molecule has 0 radical (unpaired) electrons. The molecule has 0 atom stereocenters. The summed E-state index contributed by atoms with van der Waals surface area (Å²) in [5, 5.41) is 0.677. The van der Waals surface area contributed by atoms with Gasteiger partial charge in [0, 0.05) is 12.4 Å². The first kappa shape index (κ1) is 12.6. The van der Waals surface area contributed by atoms with Crippen LogP contribution in [-0.2, 0) is 10.5 Å². The average molecular weight is 264 g/mol. The fourth-order valence-corrected chi connectivity index (χ4v) is 1.94. The number of aryl methyl sites for hydroxylation is 1. The van der Waals surface area contributed by atoms with E-state index in [1.807, 2.05) is 6.92 Å². The summed E-state index contributed by atoms with van der Waals surface area (Å²) in [4.78, 5) is 19.5. The van der Waals surface area contributed by atoms with Crippen molar-refractivity contribution in [2.75, 3.05) is 7.11 Å². The monoisotopic (exact) mass is 264 g/mol. The minimum absolute atomic E-state index is 0.206. The van der Waals surface area contributed by atoms with Gasteiger partial charge in [0.15, 0.2) is 5.16 Å². The summed E-state index contributed by atoms with van der Waals surface area (Å²) in [5.41, 5.74) is 1.02. The molecule has 6 heteroatoms. The van der Waals surface area contributed by atoms with Crippen molar-refractivity contribution in [1.29, 1.82) is 0 Å². The number of nitrogens with zero attached hydrogens (tertiary/aromatic N) is 2. The summed E-state index contributed by atoms with van der Waals surface area (Å²) in [7, 11) is 1.32. The van der Waals surface area contributed by atoms with Gasteiger partial charge < -0.3 is 9.15 Å². The molecule has 0 unspecified atom stereocenters. The van der Waals surface area contributed by atoms with Crippen molar-refractivity contribution in [1.82, 2.24) is 9.97 Å². The van der Waals surface area contributed by atoms with Crippen LogP contribution in [0.15, 0.2) is 34.1 Å². The number of esters is 1. The van der Waals surface area contributed by atoms with E-state index in [1.54, 1.807) is 24.5 Å². The number of methoxy groups -OCH3 is 1. The maximum atomic E-state index is 11.2. The molecule has 0 aliphatic heterocycles. The molecule has 2 rings (SSSR count). The van der Waals surface area contributed by atoms with Gasteiger partial charge in [-0.25, -0.2) is 14.8 Å². The average Bonchev–Trinajstić information content (AvgIpc) is 2.86. The van der Waals surface area contributed by atoms with E-state index in [9.17, 15) is 4.79 Å². The lowest BCUT2D eigenvalue weighted by Gasteiger charge is -1.98. The van der Waals surface area contributed by atoms with Gasteiger partial charge in [0.2, 0.25) is 5.76 Å². The van der Waals surface area contributed by atoms with Crippen molar-refractivity contribution in [2.24, 2.45) is 0 Å². The van der Waals surface area contributed by atoms with Crippen LogP contribution in [0.2, 0.25) is 0 Å². The van der Waals surface area contributed by atoms with Gasteiger partial charge in [-0.3, -0.25) is 0 Å². The molecule has 0 spiro atoms. The number of aromatic nitrogens is 2. The predicted molar refractivity (Wildman–Crippen MR) is 66.4 cm³/mol. The van der Waals surface area contributed by atoms with Gasteiger partial charge in [-0.15, -0.1) is 0 Å². The molecular weight excluding hydrogens is 252 g/mol. The number of carbonyl (C=O) groups excluding carboxylic acids is 1. The third kappa shape index (κ3) is 3.10. The Morgan fingerprint density at radius 2 is 2.11 bits per heavy atom. The van der Waals surface area contributed by atoms with Gasteiger partial charge in [-0.1, -0.05) is 11.8 Å². The molecule has 0 N–H and O–H groups in total. The van der Waals surface area contributed by atoms with E-state index < -0.39 is 5.97 Å². The van der Waals surface area contributed by atoms with E-state index in [1.165, 1.54) is 18.9 Å². The quantitative estimate of drug-likeness (QED) is 0.480. The van der Waals surface area contributed by atoms with Crippen molar-refractivity contribution >= 4 is 17.7 Å². The molecule has 0 bridgehead atoms. The summed E-state index contributed by atoms with van der Waals surface area (Å²) in [6, 6.07) is 3.34. The molecule has 0 saturated carbocycles. The summed E-state index contributed by atoms with van der Waals surface area (Å²) in [6.07, 6.45) is 3.52. The Bertz CT molecular complexity index is 537. The largest absolute Gasteiger partial charge is 0.463 e. The van der Waals surface area contributed by atoms with E-state index >= 15 is 0 Å². The number of hydrogen-bond acceptors (Lipinski definition) is 6. The molecule has 0 aliphatic rings. The standard InChI is InChI=1S/C12H12N2O3S/c1-8-5-13-12(14-6-8)18-7-9-3-4-10(17-9)11(15)16-2/h3-6H,7H2,1-2H3. The first-order valence-electron chi connectivity index (χ1n) is 5.27. The third-order valence-corrected chi connectivity index (χ3v) is 3.05. The van der Waals surface area contributed by atoms with Crippen molar-refractivity contribution in [3.05, 3.63) is 41.6 Å². The first-order chi connectivity index (χ1) is 8.69. The van der Waals surface area contributed by atoms with Crippen LogP contribution < -0.4 is 0 Å². The van der Waals surface area contributed by atoms with Crippen LogP contribution in [0.25, 0.3) is 0 Å². The lowest BCUT2D eigenvalue weighted by atomic mass is 10.4. The summed E-state index contributed by atoms with van der Waals surface area (Å²) < 4.78 is 9.89. The third-order valence-electron chi connectivity index (χ3n) is 2.15. The lowest BCUT2D eigenvalue weighted by molar-refractivity contribution is 0.0563. The highest BCUT2D eigenvalue weighted by molar-refractivity contribution is 7.98. The van der Waals surface area contributed by atoms with E-state index in [0.29, 0.717) is 16.7 Å². The zero-order chi connectivity index (χ0) is 13.0. The molecule has 0 fully saturated rings. The van der Waals surface area contributed by atoms with Gasteiger partial charge in [0.05, 0.1) is 12.9 Å². The number of furan rings is 1. The smallest absolute Gasteiger partial charge is 0.373 e. The van der Waals surface area contributed by atoms with Crippen LogP contribution in [-0.4, -0.2) is 23.0 Å². The Morgan fingerprint density at radius 3 is 2.78 bits per heavy atom. The minimum Gasteiger partial charge on any atom is -0.463 e. The Hall–Kier alpha value is -1.82. The zero-order valence-electron chi connectivity index (χ0n) is 10.0. The SMILES string of the molecule is COC(=O)c1ccc(CSc2ncc(C)cn2)o1. The van der Waals surface area contributed by atoms with Crippen molar-refractivity contribution in [3.8, 4) is 0 Å². The molecule has 2 aromatic rings. The number of ether oxygens (including phenoxy) is 1. The maximum absolute atomic E-state index is 11.2. The molecule has 0 saturated heterocycles. The van der Waals surface area contributed by atoms with Gasteiger partial charge in [0.1, 0.15) is 5.76 Å². The van der Waals surface area contributed by atoms with Crippen LogP contribution in [0.1, 0.15) is 21.9 Å². The summed E-state index contributed by atoms with van der Waals surface area (Å²) in [6.45, 7) is 1.93. The second-order valence-electron chi connectivity index (χ2n) is 3.59. The molecule has 5 nitrogen and oxygen atoms in total. The number of carbonyl (C=O) groups is 1. The Balaban J connectivity index is 1.96. The maximum Gasteiger partial charge on any atom is 0.373 e. The summed E-state index contributed by atoms with van der Waals surface area (Å²) >= 11 is 1.45. The predicted octanol–water partition coefficient (Wildman–Crippen LogP) is 2.46. The molecule has 18 heavy (non-hydrogen) atoms. The topological polar surface area (TPSA) is 65.2 Å². The molecule has 0 aromatic carbocycles. The molecule has 0 aliphatic carbocycles. The van der Waals surface area contributed by atoms with E-state index in [0.717, 1.165) is 5.56 Å². The summed E-state index contributed by atoms with van der Waals surface area (Å²) in [5.74, 6) is 0.986. The Morgan fingerprint density at radius 1 is 1.39 bits per heavy atom. The minimum atomic E-state index is -0.474. The fraction of sp³-hybridized carbons (Fsp3) is 0.250. The Kier molecular flexibility index (Phi) is 3.99. The number of rotatable bonds is 4. The normalized spacial score (nSPS) is 10.3. The van der Waals surface area contributed by atoms with Crippen molar-refractivity contribution in [2.45, 2.75) is 17.8 Å². The number of thioether (sulfide) groups is 1. The second kappa shape index (κ2) is 5.68. The van der Waals surface area contributed by atoms with E-state index in [4.69, 9.17) is 4.42 Å². The highest BCUT2D eigenvalue weighted by Gasteiger charge is 2.11. The molecule has 2 aromatic heterocycles. The highest BCUT2D eigenvalue weighted by Crippen LogP contribution is 2.20. The van der Waals surface area contributed by atoms with Crippen molar-refractivity contribution < 1.29 is 13.9 Å². The van der Waals surface area contributed by atoms with Crippen LogP contribution in [0.4, 0.5) is 0 Å². The van der Waals surface area contributed by atoms with Crippen LogP contribution in [0.3, 0.4) is 0 Å². The molecule has 2 heterocycles. The van der Waals surface area contributed by atoms with Crippen molar-refractivity contribution in [3.63, 3.8) is 0 Å². The molecule has 0 amide bonds. The second-order valence-corrected chi connectivity index (χ2v) is 4.53. The highest BCUT2D eigenvalue weighted by atomic mass is 32.2. The fourth-order valence-electron chi connectivity index (χ4n) is 1.26. The van der Waals surface area contributed by atoms with Crippen LogP contribution >= 0.6 is 11.8 Å². The van der Waals surface area contributed by atoms with Crippen LogP contribution in [0.5, 0.6) is 0 Å². The van der Waals surface area contributed by atoms with E-state index in [-0.39, 0.29) is 5.76 Å². The van der Waals surface area contributed by atoms with E-state index in [2.05, 4.69) is 14.7 Å². The number of hydrogen-bond donors (Lipinski definition) is 0. The zero-order valence-corrected chi connectivity index (χ0v) is 10.9. The molecule has 94 valence electrons.